The minimum absolute atomic E-state index is 0.0412. The van der Waals surface area contributed by atoms with E-state index >= 15 is 0 Å². The summed E-state index contributed by atoms with van der Waals surface area (Å²) in [5.41, 5.74) is -2.65. The number of piperazine rings is 1. The van der Waals surface area contributed by atoms with Crippen LogP contribution in [-0.4, -0.2) is 44.8 Å². The summed E-state index contributed by atoms with van der Waals surface area (Å²) < 4.78 is 79.1. The van der Waals surface area contributed by atoms with E-state index in [0.29, 0.717) is 31.0 Å². The number of rotatable bonds is 4. The number of benzene rings is 1. The number of carbonyl (C=O) groups excluding carboxylic acids is 1. The highest BCUT2D eigenvalue weighted by atomic mass is 35.5. The van der Waals surface area contributed by atoms with Crippen LogP contribution in [0.15, 0.2) is 24.4 Å². The minimum Gasteiger partial charge on any atom is -0.347 e. The lowest BCUT2D eigenvalue weighted by atomic mass is 10.0. The van der Waals surface area contributed by atoms with E-state index in [-0.39, 0.29) is 42.7 Å². The monoisotopic (exact) mass is 440 g/mol. The van der Waals surface area contributed by atoms with Crippen molar-refractivity contribution in [3.05, 3.63) is 52.6 Å². The van der Waals surface area contributed by atoms with Crippen molar-refractivity contribution in [2.75, 3.05) is 19.6 Å². The predicted octanol–water partition coefficient (Wildman–Crippen LogP) is 3.84. The maximum atomic E-state index is 13.0. The standard InChI is InChI=1S/C17H15ClF6N4O/c18-28-2-1-27(15(29)9-28)8-14-25-7-13(26-14)5-10-3-11(16(19,20)21)6-12(4-10)17(22,23)24/h3-4,6-7H,1-2,5,8-9H2,(H,25,26). The molecule has 3 rings (SSSR count). The summed E-state index contributed by atoms with van der Waals surface area (Å²) in [5, 5.41) is 0. The number of alkyl halides is 6. The molecule has 1 saturated heterocycles. The Hall–Kier alpha value is -2.27. The average molecular weight is 441 g/mol. The summed E-state index contributed by atoms with van der Waals surface area (Å²) in [6.07, 6.45) is -8.65. The van der Waals surface area contributed by atoms with Crippen molar-refractivity contribution in [2.45, 2.75) is 25.3 Å². The third kappa shape index (κ3) is 5.41. The van der Waals surface area contributed by atoms with E-state index in [2.05, 4.69) is 9.97 Å². The molecule has 2 heterocycles. The van der Waals surface area contributed by atoms with Crippen molar-refractivity contribution in [3.8, 4) is 0 Å². The van der Waals surface area contributed by atoms with Gasteiger partial charge in [0.15, 0.2) is 0 Å². The molecule has 0 spiro atoms. The van der Waals surface area contributed by atoms with Crippen LogP contribution >= 0.6 is 11.8 Å². The fourth-order valence-electron chi connectivity index (χ4n) is 2.93. The molecule has 1 aliphatic heterocycles. The first-order valence-electron chi connectivity index (χ1n) is 8.42. The third-order valence-corrected chi connectivity index (χ3v) is 4.62. The molecule has 0 saturated carbocycles. The number of aromatic nitrogens is 2. The highest BCUT2D eigenvalue weighted by molar-refractivity contribution is 6.14. The molecule has 29 heavy (non-hydrogen) atoms. The van der Waals surface area contributed by atoms with Crippen LogP contribution in [0.5, 0.6) is 0 Å². The zero-order chi connectivity index (χ0) is 21.4. The summed E-state index contributed by atoms with van der Waals surface area (Å²) in [7, 11) is 0. The summed E-state index contributed by atoms with van der Waals surface area (Å²) in [6, 6.07) is 1.43. The lowest BCUT2D eigenvalue weighted by Crippen LogP contribution is -2.46. The van der Waals surface area contributed by atoms with E-state index in [9.17, 15) is 31.1 Å². The first kappa shape index (κ1) is 21.4. The molecule has 0 unspecified atom stereocenters. The highest BCUT2D eigenvalue weighted by Gasteiger charge is 2.37. The molecule has 1 fully saturated rings. The van der Waals surface area contributed by atoms with Crippen LogP contribution in [0, 0.1) is 0 Å². The van der Waals surface area contributed by atoms with E-state index in [1.165, 1.54) is 15.5 Å². The van der Waals surface area contributed by atoms with E-state index < -0.39 is 23.5 Å². The number of hydrogen-bond acceptors (Lipinski definition) is 3. The smallest absolute Gasteiger partial charge is 0.347 e. The second-order valence-electron chi connectivity index (χ2n) is 6.59. The van der Waals surface area contributed by atoms with Crippen LogP contribution < -0.4 is 0 Å². The molecule has 1 aromatic carbocycles. The van der Waals surface area contributed by atoms with Crippen LogP contribution in [0.4, 0.5) is 26.3 Å². The van der Waals surface area contributed by atoms with Crippen molar-refractivity contribution in [2.24, 2.45) is 0 Å². The molecule has 0 bridgehead atoms. The number of nitrogens with zero attached hydrogens (tertiary/aromatic N) is 3. The largest absolute Gasteiger partial charge is 0.416 e. The fraction of sp³-hybridized carbons (Fsp3) is 0.412. The number of hydrogen-bond donors (Lipinski definition) is 1. The van der Waals surface area contributed by atoms with Gasteiger partial charge in [-0.2, -0.15) is 26.3 Å². The topological polar surface area (TPSA) is 52.2 Å². The molecular formula is C17H15ClF6N4O. The van der Waals surface area contributed by atoms with Gasteiger partial charge in [0, 0.05) is 25.7 Å². The van der Waals surface area contributed by atoms with Gasteiger partial charge in [0.05, 0.1) is 29.9 Å². The Morgan fingerprint density at radius 1 is 1.03 bits per heavy atom. The van der Waals surface area contributed by atoms with Gasteiger partial charge in [0.2, 0.25) is 5.91 Å². The van der Waals surface area contributed by atoms with Gasteiger partial charge in [0.25, 0.3) is 0 Å². The second kappa shape index (κ2) is 7.86. The molecule has 12 heteroatoms. The normalized spacial score (nSPS) is 16.5. The molecule has 0 radical (unpaired) electrons. The number of H-pyrrole nitrogens is 1. The number of amides is 1. The molecule has 1 N–H and O–H groups in total. The van der Waals surface area contributed by atoms with E-state index in [4.69, 9.17) is 11.8 Å². The summed E-state index contributed by atoms with van der Waals surface area (Å²) in [5.74, 6) is 0.163. The second-order valence-corrected chi connectivity index (χ2v) is 7.07. The first-order valence-corrected chi connectivity index (χ1v) is 8.75. The quantitative estimate of drug-likeness (QED) is 0.580. The van der Waals surface area contributed by atoms with Crippen molar-refractivity contribution >= 4 is 17.7 Å². The summed E-state index contributed by atoms with van der Waals surface area (Å²) >= 11 is 5.77. The highest BCUT2D eigenvalue weighted by Crippen LogP contribution is 2.36. The zero-order valence-electron chi connectivity index (χ0n) is 14.7. The zero-order valence-corrected chi connectivity index (χ0v) is 15.5. The Balaban J connectivity index is 1.77. The van der Waals surface area contributed by atoms with Crippen LogP contribution in [-0.2, 0) is 30.1 Å². The number of carbonyl (C=O) groups is 1. The Kier molecular flexibility index (Phi) is 5.81. The molecule has 1 aromatic heterocycles. The maximum Gasteiger partial charge on any atom is 0.416 e. The lowest BCUT2D eigenvalue weighted by molar-refractivity contribution is -0.143. The third-order valence-electron chi connectivity index (χ3n) is 4.33. The lowest BCUT2D eigenvalue weighted by Gasteiger charge is -2.29. The molecule has 1 amide bonds. The van der Waals surface area contributed by atoms with Crippen LogP contribution in [0.1, 0.15) is 28.2 Å². The van der Waals surface area contributed by atoms with Gasteiger partial charge in [0.1, 0.15) is 5.82 Å². The SMILES string of the molecule is O=C1CN(Cl)CCN1Cc1nc(Cc2cc(C(F)(F)F)cc(C(F)(F)F)c2)c[nH]1. The van der Waals surface area contributed by atoms with Gasteiger partial charge in [-0.1, -0.05) is 0 Å². The van der Waals surface area contributed by atoms with Gasteiger partial charge >= 0.3 is 12.4 Å². The molecule has 2 aromatic rings. The maximum absolute atomic E-state index is 13.0. The molecule has 158 valence electrons. The summed E-state index contributed by atoms with van der Waals surface area (Å²) in [6.45, 7) is 1.02. The van der Waals surface area contributed by atoms with Crippen molar-refractivity contribution in [3.63, 3.8) is 0 Å². The molecule has 5 nitrogen and oxygen atoms in total. The number of imidazole rings is 1. The van der Waals surface area contributed by atoms with Gasteiger partial charge in [-0.05, 0) is 35.5 Å². The predicted molar refractivity (Wildman–Crippen MR) is 90.7 cm³/mol. The van der Waals surface area contributed by atoms with Crippen molar-refractivity contribution in [1.29, 1.82) is 0 Å². The van der Waals surface area contributed by atoms with E-state index in [1.807, 2.05) is 0 Å². The average Bonchev–Trinajstić information content (AvgIpc) is 3.02. The van der Waals surface area contributed by atoms with E-state index in [1.54, 1.807) is 0 Å². The molecule has 0 atom stereocenters. The van der Waals surface area contributed by atoms with Gasteiger partial charge in [-0.15, -0.1) is 0 Å². The first-order chi connectivity index (χ1) is 13.4. The van der Waals surface area contributed by atoms with Crippen LogP contribution in [0.3, 0.4) is 0 Å². The van der Waals surface area contributed by atoms with Gasteiger partial charge < -0.3 is 9.88 Å². The fourth-order valence-corrected chi connectivity index (χ4v) is 3.11. The Morgan fingerprint density at radius 2 is 1.66 bits per heavy atom. The molecule has 0 aliphatic carbocycles. The number of aromatic amines is 1. The molecule has 1 aliphatic rings. The Bertz CT molecular complexity index is 863. The number of halogens is 7. The number of nitrogens with one attached hydrogen (secondary N) is 1. The molecular weight excluding hydrogens is 426 g/mol. The Labute approximate surface area is 166 Å². The van der Waals surface area contributed by atoms with Crippen LogP contribution in [0.2, 0.25) is 0 Å². The van der Waals surface area contributed by atoms with E-state index in [0.717, 1.165) is 0 Å². The van der Waals surface area contributed by atoms with Crippen molar-refractivity contribution in [1.82, 2.24) is 19.3 Å². The van der Waals surface area contributed by atoms with Gasteiger partial charge in [-0.25, -0.2) is 9.40 Å². The van der Waals surface area contributed by atoms with Crippen LogP contribution in [0.25, 0.3) is 0 Å². The van der Waals surface area contributed by atoms with Crippen molar-refractivity contribution < 1.29 is 31.1 Å². The Morgan fingerprint density at radius 3 is 2.21 bits per heavy atom. The summed E-state index contributed by atoms with van der Waals surface area (Å²) in [4.78, 5) is 20.4. The minimum atomic E-state index is -4.91. The van der Waals surface area contributed by atoms with Gasteiger partial charge in [-0.3, -0.25) is 4.79 Å².